The molecule has 1 aliphatic heterocycles. The SMILES string of the molecule is COCC1CCN(Cc2nc(N)ccc2Cl)C1. The van der Waals surface area contributed by atoms with Crippen LogP contribution in [0.15, 0.2) is 12.1 Å². The monoisotopic (exact) mass is 255 g/mol. The third-order valence-corrected chi connectivity index (χ3v) is 3.43. The number of hydrogen-bond acceptors (Lipinski definition) is 4. The van der Waals surface area contributed by atoms with Gasteiger partial charge in [0.1, 0.15) is 5.82 Å². The third-order valence-electron chi connectivity index (χ3n) is 3.09. The van der Waals surface area contributed by atoms with Crippen LogP contribution in [-0.4, -0.2) is 36.7 Å². The van der Waals surface area contributed by atoms with E-state index in [4.69, 9.17) is 22.1 Å². The Kier molecular flexibility index (Phi) is 4.20. The lowest BCUT2D eigenvalue weighted by molar-refractivity contribution is 0.152. The van der Waals surface area contributed by atoms with E-state index in [1.54, 1.807) is 13.2 Å². The number of nitrogen functional groups attached to an aromatic ring is 1. The van der Waals surface area contributed by atoms with Crippen molar-refractivity contribution in [1.29, 1.82) is 0 Å². The predicted molar refractivity (Wildman–Crippen MR) is 68.9 cm³/mol. The van der Waals surface area contributed by atoms with Gasteiger partial charge in [-0.2, -0.15) is 0 Å². The molecule has 1 unspecified atom stereocenters. The Balaban J connectivity index is 1.95. The van der Waals surface area contributed by atoms with Crippen LogP contribution in [0.1, 0.15) is 12.1 Å². The zero-order valence-corrected chi connectivity index (χ0v) is 10.8. The Morgan fingerprint density at radius 1 is 1.59 bits per heavy atom. The number of nitrogens with two attached hydrogens (primary N) is 1. The largest absolute Gasteiger partial charge is 0.384 e. The van der Waals surface area contributed by atoms with Crippen molar-refractivity contribution < 1.29 is 4.74 Å². The number of pyridine rings is 1. The highest BCUT2D eigenvalue weighted by Gasteiger charge is 2.23. The van der Waals surface area contributed by atoms with Crippen molar-refractivity contribution in [2.75, 3.05) is 32.5 Å². The highest BCUT2D eigenvalue weighted by molar-refractivity contribution is 6.31. The highest BCUT2D eigenvalue weighted by Crippen LogP contribution is 2.22. The molecule has 94 valence electrons. The topological polar surface area (TPSA) is 51.4 Å². The minimum Gasteiger partial charge on any atom is -0.384 e. The Morgan fingerprint density at radius 3 is 3.18 bits per heavy atom. The van der Waals surface area contributed by atoms with Gasteiger partial charge in [0.05, 0.1) is 17.3 Å². The second kappa shape index (κ2) is 5.67. The lowest BCUT2D eigenvalue weighted by Gasteiger charge is -2.16. The summed E-state index contributed by atoms with van der Waals surface area (Å²) in [6.45, 7) is 3.71. The zero-order chi connectivity index (χ0) is 12.3. The van der Waals surface area contributed by atoms with Crippen molar-refractivity contribution in [3.63, 3.8) is 0 Å². The Hall–Kier alpha value is -0.840. The molecular formula is C12H18ClN3O. The lowest BCUT2D eigenvalue weighted by Crippen LogP contribution is -2.22. The van der Waals surface area contributed by atoms with Crippen LogP contribution < -0.4 is 5.73 Å². The number of aromatic nitrogens is 1. The van der Waals surface area contributed by atoms with Gasteiger partial charge in [0.15, 0.2) is 0 Å². The predicted octanol–water partition coefficient (Wildman–Crippen LogP) is 1.79. The number of methoxy groups -OCH3 is 1. The fraction of sp³-hybridized carbons (Fsp3) is 0.583. The molecule has 5 heteroatoms. The van der Waals surface area contributed by atoms with Crippen molar-refractivity contribution >= 4 is 17.4 Å². The Morgan fingerprint density at radius 2 is 2.41 bits per heavy atom. The van der Waals surface area contributed by atoms with E-state index >= 15 is 0 Å². The molecular weight excluding hydrogens is 238 g/mol. The number of rotatable bonds is 4. The normalized spacial score (nSPS) is 20.9. The summed E-state index contributed by atoms with van der Waals surface area (Å²) in [5.41, 5.74) is 6.53. The summed E-state index contributed by atoms with van der Waals surface area (Å²) in [4.78, 5) is 6.62. The van der Waals surface area contributed by atoms with Crippen LogP contribution >= 0.6 is 11.6 Å². The molecule has 0 radical (unpaired) electrons. The highest BCUT2D eigenvalue weighted by atomic mass is 35.5. The standard InChI is InChI=1S/C12H18ClN3O/c1-17-8-9-4-5-16(6-9)7-11-10(13)2-3-12(14)15-11/h2-3,9H,4-8H2,1H3,(H2,14,15). The second-order valence-electron chi connectivity index (χ2n) is 4.51. The summed E-state index contributed by atoms with van der Waals surface area (Å²) in [5, 5.41) is 0.689. The molecule has 0 amide bonds. The van der Waals surface area contributed by atoms with E-state index in [9.17, 15) is 0 Å². The molecule has 0 aromatic carbocycles. The minimum atomic E-state index is 0.525. The van der Waals surface area contributed by atoms with Gasteiger partial charge in [-0.05, 0) is 31.0 Å². The van der Waals surface area contributed by atoms with Gasteiger partial charge in [-0.3, -0.25) is 4.90 Å². The van der Waals surface area contributed by atoms with E-state index in [-0.39, 0.29) is 0 Å². The third kappa shape index (κ3) is 3.31. The molecule has 1 fully saturated rings. The van der Waals surface area contributed by atoms with Crippen molar-refractivity contribution in [1.82, 2.24) is 9.88 Å². The number of anilines is 1. The first-order valence-corrected chi connectivity index (χ1v) is 6.19. The lowest BCUT2D eigenvalue weighted by atomic mass is 10.1. The smallest absolute Gasteiger partial charge is 0.123 e. The van der Waals surface area contributed by atoms with Crippen molar-refractivity contribution in [3.8, 4) is 0 Å². The van der Waals surface area contributed by atoms with Crippen molar-refractivity contribution in [2.45, 2.75) is 13.0 Å². The van der Waals surface area contributed by atoms with Crippen LogP contribution in [0.5, 0.6) is 0 Å². The van der Waals surface area contributed by atoms with Crippen molar-refractivity contribution in [2.24, 2.45) is 5.92 Å². The van der Waals surface area contributed by atoms with E-state index in [0.717, 1.165) is 31.9 Å². The maximum absolute atomic E-state index is 6.10. The zero-order valence-electron chi connectivity index (χ0n) is 10.0. The van der Waals surface area contributed by atoms with Gasteiger partial charge in [-0.25, -0.2) is 4.98 Å². The average Bonchev–Trinajstić information content (AvgIpc) is 2.72. The molecule has 2 rings (SSSR count). The number of likely N-dealkylation sites (tertiary alicyclic amines) is 1. The molecule has 0 saturated carbocycles. The van der Waals surface area contributed by atoms with E-state index in [2.05, 4.69) is 9.88 Å². The summed E-state index contributed by atoms with van der Waals surface area (Å²) < 4.78 is 5.18. The number of hydrogen-bond donors (Lipinski definition) is 1. The van der Waals surface area contributed by atoms with Crippen LogP contribution in [0.4, 0.5) is 5.82 Å². The molecule has 1 aliphatic rings. The summed E-state index contributed by atoms with van der Waals surface area (Å²) in [7, 11) is 1.75. The van der Waals surface area contributed by atoms with Crippen LogP contribution in [0, 0.1) is 5.92 Å². The van der Waals surface area contributed by atoms with E-state index in [1.165, 1.54) is 6.42 Å². The van der Waals surface area contributed by atoms with Gasteiger partial charge >= 0.3 is 0 Å². The molecule has 1 aromatic heterocycles. The summed E-state index contributed by atoms with van der Waals surface area (Å²) in [6, 6.07) is 3.53. The first-order chi connectivity index (χ1) is 8.19. The molecule has 4 nitrogen and oxygen atoms in total. The fourth-order valence-corrected chi connectivity index (χ4v) is 2.42. The first kappa shape index (κ1) is 12.6. The van der Waals surface area contributed by atoms with Crippen LogP contribution in [-0.2, 0) is 11.3 Å². The van der Waals surface area contributed by atoms with Crippen LogP contribution in [0.3, 0.4) is 0 Å². The molecule has 1 aromatic rings. The van der Waals surface area contributed by atoms with E-state index in [0.29, 0.717) is 16.8 Å². The maximum Gasteiger partial charge on any atom is 0.123 e. The number of halogens is 1. The molecule has 0 aliphatic carbocycles. The minimum absolute atomic E-state index is 0.525. The van der Waals surface area contributed by atoms with Crippen LogP contribution in [0.25, 0.3) is 0 Å². The van der Waals surface area contributed by atoms with E-state index in [1.807, 2.05) is 6.07 Å². The molecule has 1 saturated heterocycles. The van der Waals surface area contributed by atoms with Gasteiger partial charge in [-0.1, -0.05) is 11.6 Å². The Labute approximate surface area is 107 Å². The fourth-order valence-electron chi connectivity index (χ4n) is 2.25. The number of ether oxygens (including phenoxy) is 1. The van der Waals surface area contributed by atoms with Gasteiger partial charge in [0.25, 0.3) is 0 Å². The molecule has 0 spiro atoms. The van der Waals surface area contributed by atoms with Crippen LogP contribution in [0.2, 0.25) is 5.02 Å². The maximum atomic E-state index is 6.10. The second-order valence-corrected chi connectivity index (χ2v) is 4.92. The molecule has 0 bridgehead atoms. The van der Waals surface area contributed by atoms with Gasteiger partial charge in [0.2, 0.25) is 0 Å². The summed E-state index contributed by atoms with van der Waals surface area (Å²) >= 11 is 6.10. The quantitative estimate of drug-likeness (QED) is 0.891. The van der Waals surface area contributed by atoms with Gasteiger partial charge in [0, 0.05) is 20.2 Å². The average molecular weight is 256 g/mol. The first-order valence-electron chi connectivity index (χ1n) is 5.81. The summed E-state index contributed by atoms with van der Waals surface area (Å²) in [6.07, 6.45) is 1.17. The summed E-state index contributed by atoms with van der Waals surface area (Å²) in [5.74, 6) is 1.15. The molecule has 2 heterocycles. The van der Waals surface area contributed by atoms with Gasteiger partial charge in [-0.15, -0.1) is 0 Å². The van der Waals surface area contributed by atoms with Gasteiger partial charge < -0.3 is 10.5 Å². The molecule has 17 heavy (non-hydrogen) atoms. The number of nitrogens with zero attached hydrogens (tertiary/aromatic N) is 2. The van der Waals surface area contributed by atoms with E-state index < -0.39 is 0 Å². The van der Waals surface area contributed by atoms with Crippen molar-refractivity contribution in [3.05, 3.63) is 22.8 Å². The molecule has 2 N–H and O–H groups in total. The molecule has 1 atom stereocenters. The Bertz CT molecular complexity index is 386.